The molecule has 3 rings (SSSR count). The first-order valence-electron chi connectivity index (χ1n) is 6.30. The Hall–Kier alpha value is -2.69. The van der Waals surface area contributed by atoms with Gasteiger partial charge < -0.3 is 10.1 Å². The Morgan fingerprint density at radius 2 is 2.00 bits per heavy atom. The number of nitrogens with one attached hydrogen (secondary N) is 1. The number of H-pyrrole nitrogens is 1. The van der Waals surface area contributed by atoms with E-state index in [2.05, 4.69) is 26.3 Å². The van der Waals surface area contributed by atoms with Crippen molar-refractivity contribution < 1.29 is 5.11 Å². The second kappa shape index (κ2) is 4.77. The van der Waals surface area contributed by atoms with E-state index in [-0.39, 0.29) is 5.88 Å². The lowest BCUT2D eigenvalue weighted by molar-refractivity contribution is 0.459. The zero-order valence-electron chi connectivity index (χ0n) is 11.3. The quantitative estimate of drug-likeness (QED) is 0.678. The second-order valence-electron chi connectivity index (χ2n) is 4.71. The first-order chi connectivity index (χ1) is 9.65. The van der Waals surface area contributed by atoms with E-state index in [9.17, 15) is 5.11 Å². The summed E-state index contributed by atoms with van der Waals surface area (Å²) >= 11 is 0. The number of rotatable bonds is 2. The molecule has 0 bridgehead atoms. The fraction of sp³-hybridized carbons (Fsp3) is 0.133. The molecule has 0 saturated heterocycles. The maximum atomic E-state index is 10.00. The fourth-order valence-electron chi connectivity index (χ4n) is 2.24. The molecule has 100 valence electrons. The normalized spacial score (nSPS) is 11.5. The van der Waals surface area contributed by atoms with Crippen LogP contribution in [0.15, 0.2) is 46.8 Å². The molecule has 0 aliphatic rings. The van der Waals surface area contributed by atoms with Crippen molar-refractivity contribution >= 4 is 22.4 Å². The topological polar surface area (TPSA) is 73.6 Å². The summed E-state index contributed by atoms with van der Waals surface area (Å²) in [6, 6.07) is 9.44. The van der Waals surface area contributed by atoms with Gasteiger partial charge in [-0.1, -0.05) is 17.7 Å². The smallest absolute Gasteiger partial charge is 0.218 e. The maximum Gasteiger partial charge on any atom is 0.218 e. The van der Waals surface area contributed by atoms with Crippen LogP contribution in [0.1, 0.15) is 11.1 Å². The van der Waals surface area contributed by atoms with Crippen LogP contribution >= 0.6 is 0 Å². The molecule has 3 aromatic rings. The molecule has 0 radical (unpaired) electrons. The van der Waals surface area contributed by atoms with Gasteiger partial charge >= 0.3 is 0 Å². The summed E-state index contributed by atoms with van der Waals surface area (Å²) in [5.41, 5.74) is 3.50. The summed E-state index contributed by atoms with van der Waals surface area (Å²) in [4.78, 5) is 7.01. The number of nitrogens with zero attached hydrogens (tertiary/aromatic N) is 3. The van der Waals surface area contributed by atoms with E-state index in [0.29, 0.717) is 11.5 Å². The Bertz CT molecular complexity index is 790. The predicted octanol–water partition coefficient (Wildman–Crippen LogP) is 4.30. The Labute approximate surface area is 116 Å². The number of aromatic hydroxyl groups is 1. The number of aryl methyl sites for hydroxylation is 2. The maximum absolute atomic E-state index is 10.00. The van der Waals surface area contributed by atoms with Crippen molar-refractivity contribution in [3.05, 3.63) is 47.7 Å². The number of pyridine rings is 1. The molecule has 5 nitrogen and oxygen atoms in total. The molecular weight excluding hydrogens is 252 g/mol. The minimum Gasteiger partial charge on any atom is -0.493 e. The highest BCUT2D eigenvalue weighted by Gasteiger charge is 2.12. The lowest BCUT2D eigenvalue weighted by Gasteiger charge is -1.98. The molecule has 2 heterocycles. The Balaban J connectivity index is 2.12. The lowest BCUT2D eigenvalue weighted by Crippen LogP contribution is -1.78. The van der Waals surface area contributed by atoms with E-state index >= 15 is 0 Å². The van der Waals surface area contributed by atoms with Crippen molar-refractivity contribution in [1.29, 1.82) is 0 Å². The van der Waals surface area contributed by atoms with Gasteiger partial charge in [-0.15, -0.1) is 10.2 Å². The van der Waals surface area contributed by atoms with Gasteiger partial charge in [-0.05, 0) is 37.6 Å². The molecule has 0 aliphatic heterocycles. The molecule has 2 aromatic heterocycles. The van der Waals surface area contributed by atoms with Gasteiger partial charge in [0, 0.05) is 11.6 Å². The molecule has 20 heavy (non-hydrogen) atoms. The van der Waals surface area contributed by atoms with E-state index < -0.39 is 0 Å². The van der Waals surface area contributed by atoms with Crippen molar-refractivity contribution in [2.75, 3.05) is 0 Å². The van der Waals surface area contributed by atoms with Crippen LogP contribution in [0.25, 0.3) is 10.9 Å². The van der Waals surface area contributed by atoms with Gasteiger partial charge in [0.15, 0.2) is 11.5 Å². The molecule has 0 spiro atoms. The number of benzene rings is 1. The third kappa shape index (κ3) is 2.14. The molecule has 0 saturated carbocycles. The average molecular weight is 266 g/mol. The summed E-state index contributed by atoms with van der Waals surface area (Å²) in [6.45, 7) is 4.00. The predicted molar refractivity (Wildman–Crippen MR) is 77.9 cm³/mol. The molecule has 0 fully saturated rings. The van der Waals surface area contributed by atoms with Crippen LogP contribution in [-0.4, -0.2) is 15.1 Å². The van der Waals surface area contributed by atoms with E-state index in [1.807, 2.05) is 32.0 Å². The highest BCUT2D eigenvalue weighted by Crippen LogP contribution is 2.37. The highest BCUT2D eigenvalue weighted by molar-refractivity contribution is 5.96. The van der Waals surface area contributed by atoms with Crippen LogP contribution in [0.4, 0.5) is 11.5 Å². The second-order valence-corrected chi connectivity index (χ2v) is 4.71. The first kappa shape index (κ1) is 12.3. The van der Waals surface area contributed by atoms with Crippen molar-refractivity contribution in [3.8, 4) is 5.88 Å². The number of hydrogen-bond acceptors (Lipinski definition) is 4. The third-order valence-electron chi connectivity index (χ3n) is 3.10. The van der Waals surface area contributed by atoms with Crippen molar-refractivity contribution in [1.82, 2.24) is 9.97 Å². The number of aromatic amines is 1. The Morgan fingerprint density at radius 3 is 2.75 bits per heavy atom. The van der Waals surface area contributed by atoms with Crippen LogP contribution in [0.3, 0.4) is 0 Å². The highest BCUT2D eigenvalue weighted by atomic mass is 16.3. The largest absolute Gasteiger partial charge is 0.493 e. The van der Waals surface area contributed by atoms with Crippen molar-refractivity contribution in [3.63, 3.8) is 0 Å². The Kier molecular flexibility index (Phi) is 2.95. The average Bonchev–Trinajstić information content (AvgIpc) is 2.74. The zero-order chi connectivity index (χ0) is 14.1. The molecule has 0 unspecified atom stereocenters. The summed E-state index contributed by atoms with van der Waals surface area (Å²) in [5, 5.41) is 19.0. The summed E-state index contributed by atoms with van der Waals surface area (Å²) in [7, 11) is 0. The van der Waals surface area contributed by atoms with Crippen LogP contribution in [-0.2, 0) is 0 Å². The van der Waals surface area contributed by atoms with Gasteiger partial charge in [0.1, 0.15) is 0 Å². The Morgan fingerprint density at radius 1 is 1.15 bits per heavy atom. The molecule has 2 N–H and O–H groups in total. The number of aromatic nitrogens is 2. The van der Waals surface area contributed by atoms with E-state index in [4.69, 9.17) is 0 Å². The van der Waals surface area contributed by atoms with Gasteiger partial charge in [0.05, 0.1) is 5.52 Å². The minimum absolute atomic E-state index is 0.0216. The molecule has 1 aromatic carbocycles. The van der Waals surface area contributed by atoms with Gasteiger partial charge in [-0.3, -0.25) is 0 Å². The molecular formula is C15H14N4O. The van der Waals surface area contributed by atoms with E-state index in [1.54, 1.807) is 12.3 Å². The summed E-state index contributed by atoms with van der Waals surface area (Å²) in [5.74, 6) is 0.527. The lowest BCUT2D eigenvalue weighted by atomic mass is 10.1. The summed E-state index contributed by atoms with van der Waals surface area (Å²) in [6.07, 6.45) is 1.65. The van der Waals surface area contributed by atoms with Gasteiger partial charge in [-0.25, -0.2) is 4.98 Å². The van der Waals surface area contributed by atoms with Gasteiger partial charge in [-0.2, -0.15) is 0 Å². The molecule has 5 heteroatoms. The number of fused-ring (bicyclic) bond motifs is 1. The van der Waals surface area contributed by atoms with Crippen LogP contribution < -0.4 is 0 Å². The van der Waals surface area contributed by atoms with Crippen LogP contribution in [0, 0.1) is 13.8 Å². The van der Waals surface area contributed by atoms with Crippen LogP contribution in [0.5, 0.6) is 5.88 Å². The third-order valence-corrected chi connectivity index (χ3v) is 3.10. The van der Waals surface area contributed by atoms with Gasteiger partial charge in [0.25, 0.3) is 0 Å². The summed E-state index contributed by atoms with van der Waals surface area (Å²) < 4.78 is 0. The van der Waals surface area contributed by atoms with Crippen molar-refractivity contribution in [2.45, 2.75) is 13.8 Å². The first-order valence-corrected chi connectivity index (χ1v) is 6.30. The van der Waals surface area contributed by atoms with Crippen molar-refractivity contribution in [2.24, 2.45) is 10.2 Å². The minimum atomic E-state index is 0.0216. The molecule has 0 amide bonds. The zero-order valence-corrected chi connectivity index (χ0v) is 11.3. The number of azo groups is 1. The van der Waals surface area contributed by atoms with E-state index in [1.165, 1.54) is 0 Å². The fourth-order valence-corrected chi connectivity index (χ4v) is 2.24. The molecule has 0 aliphatic carbocycles. The molecule has 0 atom stereocenters. The SMILES string of the molecule is Cc1cc(C)c2[nH]c(O)c(N=Nc3ccccn3)c2c1. The monoisotopic (exact) mass is 266 g/mol. The number of hydrogen-bond donors (Lipinski definition) is 2. The van der Waals surface area contributed by atoms with E-state index in [0.717, 1.165) is 22.0 Å². The van der Waals surface area contributed by atoms with Crippen LogP contribution in [0.2, 0.25) is 0 Å². The standard InChI is InChI=1S/C15H14N4O/c1-9-7-10(2)13-11(8-9)14(15(20)17-13)19-18-12-5-3-4-6-16-12/h3-8,17,20H,1-2H3. The van der Waals surface area contributed by atoms with Gasteiger partial charge in [0.2, 0.25) is 5.88 Å².